The van der Waals surface area contributed by atoms with Gasteiger partial charge in [0.1, 0.15) is 0 Å². The molecule has 3 atom stereocenters. The number of ether oxygens (including phenoxy) is 1. The zero-order valence-electron chi connectivity index (χ0n) is 13.5. The maximum absolute atomic E-state index is 5.92. The van der Waals surface area contributed by atoms with Crippen LogP contribution in [-0.4, -0.2) is 37.8 Å². The van der Waals surface area contributed by atoms with Gasteiger partial charge in [-0.25, -0.2) is 0 Å². The van der Waals surface area contributed by atoms with Gasteiger partial charge in [-0.05, 0) is 49.8 Å². The van der Waals surface area contributed by atoms with Gasteiger partial charge in [-0.3, -0.25) is 4.99 Å². The summed E-state index contributed by atoms with van der Waals surface area (Å²) in [6.45, 7) is 0.935. The lowest BCUT2D eigenvalue weighted by atomic mass is 9.95. The van der Waals surface area contributed by atoms with Gasteiger partial charge in [0.15, 0.2) is 5.96 Å². The average Bonchev–Trinajstić information content (AvgIpc) is 3.07. The molecule has 0 amide bonds. The zero-order valence-corrected chi connectivity index (χ0v) is 15.1. The third-order valence-corrected chi connectivity index (χ3v) is 6.03. The third kappa shape index (κ3) is 3.13. The molecule has 124 valence electrons. The van der Waals surface area contributed by atoms with Gasteiger partial charge in [-0.15, -0.1) is 0 Å². The van der Waals surface area contributed by atoms with Crippen LogP contribution in [0.1, 0.15) is 37.7 Å². The highest BCUT2D eigenvalue weighted by Gasteiger charge is 2.45. The number of benzene rings is 1. The summed E-state index contributed by atoms with van der Waals surface area (Å²) < 4.78 is 7.08. The molecule has 0 radical (unpaired) electrons. The molecule has 3 fully saturated rings. The van der Waals surface area contributed by atoms with E-state index in [2.05, 4.69) is 55.8 Å². The minimum atomic E-state index is 0.270. The number of hydrogen-bond acceptors (Lipinski definition) is 2. The molecule has 2 aliphatic heterocycles. The minimum absolute atomic E-state index is 0.270. The maximum Gasteiger partial charge on any atom is 0.191 e. The van der Waals surface area contributed by atoms with Crippen LogP contribution < -0.4 is 10.6 Å². The van der Waals surface area contributed by atoms with E-state index in [1.165, 1.54) is 31.2 Å². The van der Waals surface area contributed by atoms with Gasteiger partial charge in [-0.2, -0.15) is 0 Å². The summed E-state index contributed by atoms with van der Waals surface area (Å²) >= 11 is 3.58. The molecule has 3 unspecified atom stereocenters. The second kappa shape index (κ2) is 6.10. The SMILES string of the molecule is CN=C(NCC1(c2cccc(Br)c2)CC1)NC1CC2CCC1O2. The van der Waals surface area contributed by atoms with E-state index in [1.54, 1.807) is 0 Å². The lowest BCUT2D eigenvalue weighted by molar-refractivity contribution is 0.0992. The van der Waals surface area contributed by atoms with Gasteiger partial charge in [0, 0.05) is 23.5 Å². The number of halogens is 1. The molecular formula is C18H24BrN3O. The second-order valence-corrected chi connectivity index (χ2v) is 7.99. The summed E-state index contributed by atoms with van der Waals surface area (Å²) in [7, 11) is 1.85. The van der Waals surface area contributed by atoms with Crippen LogP contribution in [0, 0.1) is 0 Å². The van der Waals surface area contributed by atoms with E-state index in [4.69, 9.17) is 4.74 Å². The smallest absolute Gasteiger partial charge is 0.191 e. The molecule has 3 aliphatic rings. The van der Waals surface area contributed by atoms with E-state index in [1.807, 2.05) is 7.05 Å². The van der Waals surface area contributed by atoms with Gasteiger partial charge in [0.25, 0.3) is 0 Å². The number of guanidine groups is 1. The van der Waals surface area contributed by atoms with Gasteiger partial charge < -0.3 is 15.4 Å². The second-order valence-electron chi connectivity index (χ2n) is 7.08. The molecule has 0 aromatic heterocycles. The number of nitrogens with one attached hydrogen (secondary N) is 2. The van der Waals surface area contributed by atoms with Crippen molar-refractivity contribution < 1.29 is 4.74 Å². The summed E-state index contributed by atoms with van der Waals surface area (Å²) in [5.74, 6) is 0.910. The standard InChI is InChI=1S/C18H24BrN3O/c1-20-17(22-15-10-14-5-6-16(15)23-14)21-11-18(7-8-18)12-3-2-4-13(19)9-12/h2-4,9,14-16H,5-8,10-11H2,1H3,(H2,20,21,22). The summed E-state index contributed by atoms with van der Waals surface area (Å²) in [6.07, 6.45) is 6.84. The fourth-order valence-electron chi connectivity index (χ4n) is 3.95. The first-order valence-corrected chi connectivity index (χ1v) is 9.36. The van der Waals surface area contributed by atoms with Crippen LogP contribution in [0.2, 0.25) is 0 Å². The molecule has 1 aliphatic carbocycles. The topological polar surface area (TPSA) is 45.7 Å². The first kappa shape index (κ1) is 15.5. The van der Waals surface area contributed by atoms with E-state index in [0.717, 1.165) is 23.4 Å². The Morgan fingerprint density at radius 2 is 2.26 bits per heavy atom. The summed E-state index contributed by atoms with van der Waals surface area (Å²) in [5, 5.41) is 7.11. The Kier molecular flexibility index (Phi) is 4.10. The molecule has 2 saturated heterocycles. The van der Waals surface area contributed by atoms with Crippen LogP contribution in [0.15, 0.2) is 33.7 Å². The van der Waals surface area contributed by atoms with Crippen LogP contribution in [0.25, 0.3) is 0 Å². The zero-order chi connectivity index (χ0) is 15.9. The highest BCUT2D eigenvalue weighted by Crippen LogP contribution is 2.48. The monoisotopic (exact) mass is 377 g/mol. The number of hydrogen-bond donors (Lipinski definition) is 2. The number of aliphatic imine (C=N–C) groups is 1. The van der Waals surface area contributed by atoms with Crippen molar-refractivity contribution in [2.45, 2.75) is 55.8 Å². The number of nitrogens with zero attached hydrogens (tertiary/aromatic N) is 1. The van der Waals surface area contributed by atoms with Gasteiger partial charge in [0.05, 0.1) is 18.2 Å². The summed E-state index contributed by atoms with van der Waals surface area (Å²) in [5.41, 5.74) is 1.69. The highest BCUT2D eigenvalue weighted by atomic mass is 79.9. The molecule has 1 saturated carbocycles. The Balaban J connectivity index is 1.36. The Hall–Kier alpha value is -1.07. The Bertz CT molecular complexity index is 614. The van der Waals surface area contributed by atoms with Crippen molar-refractivity contribution >= 4 is 21.9 Å². The largest absolute Gasteiger partial charge is 0.373 e. The van der Waals surface area contributed by atoms with Crippen LogP contribution in [-0.2, 0) is 10.2 Å². The average molecular weight is 378 g/mol. The fourth-order valence-corrected chi connectivity index (χ4v) is 4.35. The van der Waals surface area contributed by atoms with E-state index in [-0.39, 0.29) is 5.41 Å². The Morgan fingerprint density at radius 3 is 2.87 bits per heavy atom. The van der Waals surface area contributed by atoms with Crippen molar-refractivity contribution in [1.29, 1.82) is 0 Å². The lowest BCUT2D eigenvalue weighted by Crippen LogP contribution is -2.49. The van der Waals surface area contributed by atoms with Crippen molar-refractivity contribution in [2.24, 2.45) is 4.99 Å². The molecular weight excluding hydrogens is 354 g/mol. The molecule has 5 heteroatoms. The molecule has 2 N–H and O–H groups in total. The first-order valence-electron chi connectivity index (χ1n) is 8.57. The number of fused-ring (bicyclic) bond motifs is 2. The Labute approximate surface area is 146 Å². The minimum Gasteiger partial charge on any atom is -0.373 e. The summed E-state index contributed by atoms with van der Waals surface area (Å²) in [6, 6.07) is 9.11. The quantitative estimate of drug-likeness (QED) is 0.626. The fraction of sp³-hybridized carbons (Fsp3) is 0.611. The first-order chi connectivity index (χ1) is 11.2. The number of rotatable bonds is 4. The lowest BCUT2D eigenvalue weighted by Gasteiger charge is -2.24. The molecule has 2 bridgehead atoms. The van der Waals surface area contributed by atoms with E-state index >= 15 is 0 Å². The summed E-state index contributed by atoms with van der Waals surface area (Å²) in [4.78, 5) is 4.41. The molecule has 1 aromatic rings. The van der Waals surface area contributed by atoms with Crippen molar-refractivity contribution in [1.82, 2.24) is 10.6 Å². The predicted octanol–water partition coefficient (Wildman–Crippen LogP) is 2.97. The van der Waals surface area contributed by atoms with E-state index in [0.29, 0.717) is 18.2 Å². The predicted molar refractivity (Wildman–Crippen MR) is 95.9 cm³/mol. The van der Waals surface area contributed by atoms with Crippen molar-refractivity contribution in [3.05, 3.63) is 34.3 Å². The van der Waals surface area contributed by atoms with Gasteiger partial charge >= 0.3 is 0 Å². The van der Waals surface area contributed by atoms with Crippen LogP contribution >= 0.6 is 15.9 Å². The molecule has 23 heavy (non-hydrogen) atoms. The van der Waals surface area contributed by atoms with E-state index in [9.17, 15) is 0 Å². The van der Waals surface area contributed by atoms with Crippen molar-refractivity contribution in [3.8, 4) is 0 Å². The molecule has 4 nitrogen and oxygen atoms in total. The molecule has 0 spiro atoms. The van der Waals surface area contributed by atoms with Gasteiger partial charge in [0.2, 0.25) is 0 Å². The molecule has 1 aromatic carbocycles. The normalized spacial score (nSPS) is 31.2. The highest BCUT2D eigenvalue weighted by molar-refractivity contribution is 9.10. The van der Waals surface area contributed by atoms with Crippen LogP contribution in [0.4, 0.5) is 0 Å². The van der Waals surface area contributed by atoms with Crippen LogP contribution in [0.3, 0.4) is 0 Å². The maximum atomic E-state index is 5.92. The molecule has 2 heterocycles. The van der Waals surface area contributed by atoms with Gasteiger partial charge in [-0.1, -0.05) is 28.1 Å². The Morgan fingerprint density at radius 1 is 1.39 bits per heavy atom. The van der Waals surface area contributed by atoms with Crippen molar-refractivity contribution in [2.75, 3.05) is 13.6 Å². The third-order valence-electron chi connectivity index (χ3n) is 5.54. The molecule has 4 rings (SSSR count). The van der Waals surface area contributed by atoms with E-state index < -0.39 is 0 Å². The van der Waals surface area contributed by atoms with Crippen LogP contribution in [0.5, 0.6) is 0 Å². The van der Waals surface area contributed by atoms with Crippen molar-refractivity contribution in [3.63, 3.8) is 0 Å².